The molecule has 0 saturated carbocycles. The molecule has 0 aromatic carbocycles. The molecule has 1 atom stereocenters. The molecule has 0 aliphatic carbocycles. The average Bonchev–Trinajstić information content (AvgIpc) is 2.63. The Labute approximate surface area is 97.9 Å². The Hall–Kier alpha value is -1.86. The minimum absolute atomic E-state index is 0.0574. The summed E-state index contributed by atoms with van der Waals surface area (Å²) >= 11 is 0. The summed E-state index contributed by atoms with van der Waals surface area (Å²) in [6, 6.07) is 3.11. The molecule has 0 amide bonds. The van der Waals surface area contributed by atoms with Crippen LogP contribution in [0.2, 0.25) is 0 Å². The van der Waals surface area contributed by atoms with Crippen molar-refractivity contribution in [3.63, 3.8) is 0 Å². The number of nitrogens with one attached hydrogen (secondary N) is 4. The van der Waals surface area contributed by atoms with Gasteiger partial charge in [0.1, 0.15) is 0 Å². The predicted molar refractivity (Wildman–Crippen MR) is 63.3 cm³/mol. The van der Waals surface area contributed by atoms with Crippen LogP contribution in [0.4, 0.5) is 5.69 Å². The lowest BCUT2D eigenvalue weighted by Crippen LogP contribution is -2.40. The largest absolute Gasteiger partial charge is 0.352 e. The standard InChI is InChI=1S/C10H15N5O2/c11-10(14-8-2-4-15(17)6-8)13-7-1-3-12-9(16)5-7/h1,3,5,8,17H,2,4,6H2,(H4,11,12,13,14,16). The number of hydrogen-bond donors (Lipinski definition) is 5. The van der Waals surface area contributed by atoms with E-state index >= 15 is 0 Å². The molecule has 0 spiro atoms. The van der Waals surface area contributed by atoms with Crippen LogP contribution >= 0.6 is 0 Å². The van der Waals surface area contributed by atoms with Gasteiger partial charge in [0.05, 0.1) is 0 Å². The second kappa shape index (κ2) is 4.98. The molecule has 1 aliphatic rings. The molecule has 2 heterocycles. The third-order valence-electron chi connectivity index (χ3n) is 2.56. The van der Waals surface area contributed by atoms with Crippen LogP contribution in [0.5, 0.6) is 0 Å². The van der Waals surface area contributed by atoms with Gasteiger partial charge >= 0.3 is 0 Å². The van der Waals surface area contributed by atoms with E-state index in [9.17, 15) is 10.0 Å². The maximum atomic E-state index is 11.0. The molecule has 7 heteroatoms. The van der Waals surface area contributed by atoms with Crippen molar-refractivity contribution < 1.29 is 5.21 Å². The number of aromatic amines is 1. The van der Waals surface area contributed by atoms with E-state index in [2.05, 4.69) is 15.6 Å². The number of rotatable bonds is 2. The third kappa shape index (κ3) is 3.30. The van der Waals surface area contributed by atoms with Crippen molar-refractivity contribution in [1.82, 2.24) is 15.4 Å². The van der Waals surface area contributed by atoms with Gasteiger partial charge in [0.25, 0.3) is 0 Å². The minimum Gasteiger partial charge on any atom is -0.352 e. The number of hydrogen-bond acceptors (Lipinski definition) is 4. The number of aromatic nitrogens is 1. The molecule has 5 N–H and O–H groups in total. The summed E-state index contributed by atoms with van der Waals surface area (Å²) in [6.45, 7) is 1.11. The Balaban J connectivity index is 1.87. The first kappa shape index (κ1) is 11.6. The van der Waals surface area contributed by atoms with Gasteiger partial charge in [-0.1, -0.05) is 0 Å². The molecular weight excluding hydrogens is 222 g/mol. The van der Waals surface area contributed by atoms with Crippen LogP contribution in [-0.4, -0.2) is 40.3 Å². The van der Waals surface area contributed by atoms with Gasteiger partial charge in [-0.2, -0.15) is 5.06 Å². The molecule has 1 saturated heterocycles. The van der Waals surface area contributed by atoms with Gasteiger partial charge in [-0.25, -0.2) is 0 Å². The van der Waals surface area contributed by atoms with Gasteiger partial charge in [-0.3, -0.25) is 10.2 Å². The zero-order valence-corrected chi connectivity index (χ0v) is 9.23. The highest BCUT2D eigenvalue weighted by Crippen LogP contribution is 2.06. The Morgan fingerprint density at radius 2 is 2.47 bits per heavy atom. The highest BCUT2D eigenvalue weighted by Gasteiger charge is 2.21. The number of nitrogens with zero attached hydrogens (tertiary/aromatic N) is 1. The fraction of sp³-hybridized carbons (Fsp3) is 0.400. The molecule has 1 fully saturated rings. The van der Waals surface area contributed by atoms with Gasteiger partial charge in [0.15, 0.2) is 5.96 Å². The van der Waals surface area contributed by atoms with E-state index in [0.29, 0.717) is 18.8 Å². The van der Waals surface area contributed by atoms with Crippen LogP contribution in [0.3, 0.4) is 0 Å². The lowest BCUT2D eigenvalue weighted by molar-refractivity contribution is -0.0693. The fourth-order valence-electron chi connectivity index (χ4n) is 1.77. The highest BCUT2D eigenvalue weighted by atomic mass is 16.5. The summed E-state index contributed by atoms with van der Waals surface area (Å²) in [5.74, 6) is 0.121. The SMILES string of the molecule is N=C(Nc1cc[nH]c(=O)c1)NC1CCN(O)C1. The molecule has 1 aromatic heterocycles. The number of guanidine groups is 1. The van der Waals surface area contributed by atoms with Crippen molar-refractivity contribution in [1.29, 1.82) is 5.41 Å². The van der Waals surface area contributed by atoms with Crippen LogP contribution in [0.15, 0.2) is 23.1 Å². The van der Waals surface area contributed by atoms with E-state index in [-0.39, 0.29) is 17.6 Å². The van der Waals surface area contributed by atoms with Gasteiger partial charge in [0, 0.05) is 37.1 Å². The topological polar surface area (TPSA) is 104 Å². The first-order valence-corrected chi connectivity index (χ1v) is 5.38. The molecular formula is C10H15N5O2. The third-order valence-corrected chi connectivity index (χ3v) is 2.56. The van der Waals surface area contributed by atoms with E-state index in [0.717, 1.165) is 6.42 Å². The summed E-state index contributed by atoms with van der Waals surface area (Å²) in [4.78, 5) is 13.5. The van der Waals surface area contributed by atoms with Gasteiger partial charge in [0.2, 0.25) is 5.56 Å². The summed E-state index contributed by atoms with van der Waals surface area (Å²) in [5.41, 5.74) is 0.343. The van der Waals surface area contributed by atoms with E-state index < -0.39 is 0 Å². The van der Waals surface area contributed by atoms with Crippen LogP contribution < -0.4 is 16.2 Å². The van der Waals surface area contributed by atoms with Crippen molar-refractivity contribution >= 4 is 11.6 Å². The van der Waals surface area contributed by atoms with Crippen LogP contribution in [0.25, 0.3) is 0 Å². The first-order chi connectivity index (χ1) is 8.13. The molecule has 17 heavy (non-hydrogen) atoms. The quantitative estimate of drug-likeness (QED) is 0.361. The van der Waals surface area contributed by atoms with Gasteiger partial charge in [-0.15, -0.1) is 0 Å². The molecule has 7 nitrogen and oxygen atoms in total. The molecule has 1 aliphatic heterocycles. The van der Waals surface area contributed by atoms with Crippen molar-refractivity contribution in [2.24, 2.45) is 0 Å². The zero-order valence-electron chi connectivity index (χ0n) is 9.23. The number of hydroxylamine groups is 2. The minimum atomic E-state index is -0.217. The van der Waals surface area contributed by atoms with Crippen LogP contribution in [0.1, 0.15) is 6.42 Å². The molecule has 1 aromatic rings. The maximum Gasteiger partial charge on any atom is 0.249 e. The molecule has 0 bridgehead atoms. The second-order valence-electron chi connectivity index (χ2n) is 3.98. The van der Waals surface area contributed by atoms with E-state index in [1.54, 1.807) is 6.07 Å². The zero-order chi connectivity index (χ0) is 12.3. The normalized spacial score (nSPS) is 20.2. The average molecular weight is 237 g/mol. The fourth-order valence-corrected chi connectivity index (χ4v) is 1.77. The Kier molecular flexibility index (Phi) is 3.40. The van der Waals surface area contributed by atoms with Crippen molar-refractivity contribution in [2.75, 3.05) is 18.4 Å². The Morgan fingerprint density at radius 1 is 1.65 bits per heavy atom. The Bertz CT molecular complexity index is 458. The second-order valence-corrected chi connectivity index (χ2v) is 3.98. The first-order valence-electron chi connectivity index (χ1n) is 5.38. The van der Waals surface area contributed by atoms with Crippen molar-refractivity contribution in [3.05, 3.63) is 28.7 Å². The highest BCUT2D eigenvalue weighted by molar-refractivity contribution is 5.91. The molecule has 2 rings (SSSR count). The van der Waals surface area contributed by atoms with E-state index in [4.69, 9.17) is 5.41 Å². The summed E-state index contributed by atoms with van der Waals surface area (Å²) < 4.78 is 0. The predicted octanol–water partition coefficient (Wildman–Crippen LogP) is -0.225. The van der Waals surface area contributed by atoms with E-state index in [1.165, 1.54) is 17.3 Å². The number of anilines is 1. The summed E-state index contributed by atoms with van der Waals surface area (Å²) in [6.07, 6.45) is 2.30. The van der Waals surface area contributed by atoms with Gasteiger partial charge in [-0.05, 0) is 12.5 Å². The molecule has 92 valence electrons. The Morgan fingerprint density at radius 3 is 3.12 bits per heavy atom. The number of pyridine rings is 1. The van der Waals surface area contributed by atoms with Crippen LogP contribution in [0, 0.1) is 5.41 Å². The molecule has 1 unspecified atom stereocenters. The van der Waals surface area contributed by atoms with Crippen molar-refractivity contribution in [2.45, 2.75) is 12.5 Å². The smallest absolute Gasteiger partial charge is 0.249 e. The summed E-state index contributed by atoms with van der Waals surface area (Å²) in [5, 5.41) is 23.8. The van der Waals surface area contributed by atoms with Crippen LogP contribution in [-0.2, 0) is 0 Å². The number of H-pyrrole nitrogens is 1. The molecule has 0 radical (unpaired) electrons. The van der Waals surface area contributed by atoms with Gasteiger partial charge < -0.3 is 20.8 Å². The van der Waals surface area contributed by atoms with E-state index in [1.807, 2.05) is 0 Å². The lowest BCUT2D eigenvalue weighted by atomic mass is 10.3. The summed E-state index contributed by atoms with van der Waals surface area (Å²) in [7, 11) is 0. The monoisotopic (exact) mass is 237 g/mol. The lowest BCUT2D eigenvalue weighted by Gasteiger charge is -2.15. The van der Waals surface area contributed by atoms with Crippen molar-refractivity contribution in [3.8, 4) is 0 Å². The maximum absolute atomic E-state index is 11.0.